The van der Waals surface area contributed by atoms with Crippen LogP contribution in [0.4, 0.5) is 0 Å². The number of carbonyl (C=O) groups excluding carboxylic acids is 4. The number of carboxylic acids is 1. The van der Waals surface area contributed by atoms with Gasteiger partial charge >= 0.3 is 5.97 Å². The summed E-state index contributed by atoms with van der Waals surface area (Å²) in [6.45, 7) is 0.259. The summed E-state index contributed by atoms with van der Waals surface area (Å²) in [6, 6.07) is 1.35. The van der Waals surface area contributed by atoms with Crippen LogP contribution in [0.5, 0.6) is 5.75 Å². The molecule has 0 radical (unpaired) electrons. The first-order valence-electron chi connectivity index (χ1n) is 10.6. The van der Waals surface area contributed by atoms with Crippen LogP contribution >= 0.6 is 12.6 Å². The minimum Gasteiger partial charge on any atom is -0.508 e. The number of benzene rings is 1. The van der Waals surface area contributed by atoms with E-state index in [0.29, 0.717) is 18.4 Å². The predicted molar refractivity (Wildman–Crippen MR) is 124 cm³/mol. The fraction of sp³-hybridized carbons (Fsp3) is 0.476. The van der Waals surface area contributed by atoms with Crippen LogP contribution in [0.25, 0.3) is 0 Å². The molecule has 186 valence electrons. The molecule has 8 N–H and O–H groups in total. The Morgan fingerprint density at radius 3 is 2.32 bits per heavy atom. The van der Waals surface area contributed by atoms with Gasteiger partial charge in [-0.25, -0.2) is 4.79 Å². The van der Waals surface area contributed by atoms with Crippen molar-refractivity contribution in [2.75, 3.05) is 12.3 Å². The average molecular weight is 496 g/mol. The molecule has 0 saturated carbocycles. The third-order valence-electron chi connectivity index (χ3n) is 5.38. The highest BCUT2D eigenvalue weighted by atomic mass is 32.1. The fourth-order valence-corrected chi connectivity index (χ4v) is 3.88. The van der Waals surface area contributed by atoms with Gasteiger partial charge in [-0.3, -0.25) is 19.2 Å². The van der Waals surface area contributed by atoms with Gasteiger partial charge < -0.3 is 37.2 Å². The second-order valence-electron chi connectivity index (χ2n) is 7.98. The number of aromatic hydroxyl groups is 1. The molecule has 1 aliphatic heterocycles. The van der Waals surface area contributed by atoms with Crippen LogP contribution in [0.15, 0.2) is 24.3 Å². The van der Waals surface area contributed by atoms with Gasteiger partial charge in [0, 0.05) is 18.7 Å². The molecule has 1 fully saturated rings. The van der Waals surface area contributed by atoms with Crippen LogP contribution in [0.2, 0.25) is 0 Å². The molecule has 4 amide bonds. The maximum Gasteiger partial charge on any atom is 0.326 e. The Labute approximate surface area is 201 Å². The predicted octanol–water partition coefficient (Wildman–Crippen LogP) is -1.89. The number of thiol groups is 1. The first-order chi connectivity index (χ1) is 16.0. The van der Waals surface area contributed by atoms with Crippen LogP contribution in [-0.2, 0) is 30.4 Å². The smallest absolute Gasteiger partial charge is 0.326 e. The van der Waals surface area contributed by atoms with Crippen molar-refractivity contribution in [1.29, 1.82) is 0 Å². The summed E-state index contributed by atoms with van der Waals surface area (Å²) in [6.07, 6.45) is 0.457. The number of amides is 4. The lowest BCUT2D eigenvalue weighted by Crippen LogP contribution is -2.57. The van der Waals surface area contributed by atoms with Gasteiger partial charge in [0.2, 0.25) is 23.6 Å². The van der Waals surface area contributed by atoms with Gasteiger partial charge in [0.15, 0.2) is 0 Å². The molecule has 34 heavy (non-hydrogen) atoms. The molecule has 0 spiro atoms. The summed E-state index contributed by atoms with van der Waals surface area (Å²) in [5.41, 5.74) is 11.4. The third kappa shape index (κ3) is 7.35. The number of hydrogen-bond acceptors (Lipinski definition) is 8. The highest BCUT2D eigenvalue weighted by molar-refractivity contribution is 7.80. The second-order valence-corrected chi connectivity index (χ2v) is 8.35. The van der Waals surface area contributed by atoms with Crippen LogP contribution < -0.4 is 22.1 Å². The van der Waals surface area contributed by atoms with Crippen molar-refractivity contribution in [3.8, 4) is 5.75 Å². The normalized spacial score (nSPS) is 17.9. The van der Waals surface area contributed by atoms with E-state index >= 15 is 0 Å². The summed E-state index contributed by atoms with van der Waals surface area (Å²) in [4.78, 5) is 62.0. The molecule has 0 bridgehead atoms. The lowest BCUT2D eigenvalue weighted by atomic mass is 10.1. The summed E-state index contributed by atoms with van der Waals surface area (Å²) in [5, 5.41) is 23.7. The van der Waals surface area contributed by atoms with Crippen LogP contribution in [0.1, 0.15) is 24.8 Å². The molecule has 13 heteroatoms. The lowest BCUT2D eigenvalue weighted by Gasteiger charge is -2.28. The van der Waals surface area contributed by atoms with Gasteiger partial charge in [0.1, 0.15) is 23.9 Å². The number of hydrogen-bond donors (Lipinski definition) is 7. The molecule has 0 aromatic heterocycles. The number of rotatable bonds is 11. The topological polar surface area (TPSA) is 205 Å². The second kappa shape index (κ2) is 12.2. The molecule has 2 rings (SSSR count). The molecule has 0 aliphatic carbocycles. The number of carboxylic acid groups (broad SMARTS) is 1. The molecule has 1 heterocycles. The number of phenolic OH excluding ortho intramolecular Hbond substituents is 1. The molecule has 1 aliphatic rings. The minimum absolute atomic E-state index is 0.0209. The van der Waals surface area contributed by atoms with E-state index < -0.39 is 53.8 Å². The van der Waals surface area contributed by atoms with Crippen molar-refractivity contribution in [3.05, 3.63) is 29.8 Å². The zero-order chi connectivity index (χ0) is 25.4. The van der Waals surface area contributed by atoms with Crippen molar-refractivity contribution in [1.82, 2.24) is 15.5 Å². The van der Waals surface area contributed by atoms with E-state index in [2.05, 4.69) is 23.3 Å². The van der Waals surface area contributed by atoms with Crippen LogP contribution in [0, 0.1) is 0 Å². The zero-order valence-corrected chi connectivity index (χ0v) is 19.2. The molecule has 1 aromatic carbocycles. The first-order valence-corrected chi connectivity index (χ1v) is 11.2. The minimum atomic E-state index is -1.28. The summed E-state index contributed by atoms with van der Waals surface area (Å²) in [7, 11) is 0. The van der Waals surface area contributed by atoms with Gasteiger partial charge in [0.05, 0.1) is 12.5 Å². The number of likely N-dealkylation sites (tertiary alicyclic amines) is 1. The molecule has 4 unspecified atom stereocenters. The van der Waals surface area contributed by atoms with E-state index in [-0.39, 0.29) is 30.9 Å². The maximum absolute atomic E-state index is 12.8. The van der Waals surface area contributed by atoms with Crippen molar-refractivity contribution < 1.29 is 34.2 Å². The Bertz CT molecular complexity index is 927. The molecular formula is C21H29N5O7S. The highest BCUT2D eigenvalue weighted by Gasteiger charge is 2.38. The number of primary amides is 1. The zero-order valence-electron chi connectivity index (χ0n) is 18.3. The number of phenols is 1. The van der Waals surface area contributed by atoms with Gasteiger partial charge in [-0.05, 0) is 30.5 Å². The standard InChI is InChI=1S/C21H29N5O7S/c22-13(9-17(23)28)20(31)26-7-1-2-16(26)19(30)25-15(10-34)18(29)24-14(21(32)33)8-11-3-5-12(27)6-4-11/h3-6,13-16,27,34H,1-2,7-10,22H2,(H2,23,28)(H,24,29)(H,25,30)(H,32,33). The van der Waals surface area contributed by atoms with Crippen LogP contribution in [-0.4, -0.2) is 81.2 Å². The van der Waals surface area contributed by atoms with E-state index in [9.17, 15) is 34.2 Å². The Balaban J connectivity index is 2.02. The van der Waals surface area contributed by atoms with Gasteiger partial charge in [-0.1, -0.05) is 12.1 Å². The van der Waals surface area contributed by atoms with Crippen molar-refractivity contribution >= 4 is 42.2 Å². The number of nitrogens with zero attached hydrogens (tertiary/aromatic N) is 1. The lowest BCUT2D eigenvalue weighted by molar-refractivity contribution is -0.143. The van der Waals surface area contributed by atoms with E-state index in [0.717, 1.165) is 0 Å². The maximum atomic E-state index is 12.8. The summed E-state index contributed by atoms with van der Waals surface area (Å²) < 4.78 is 0. The Kier molecular flexibility index (Phi) is 9.69. The van der Waals surface area contributed by atoms with Crippen LogP contribution in [0.3, 0.4) is 0 Å². The van der Waals surface area contributed by atoms with Gasteiger partial charge in [0.25, 0.3) is 0 Å². The molecule has 1 aromatic rings. The van der Waals surface area contributed by atoms with Crippen molar-refractivity contribution in [2.45, 2.75) is 49.9 Å². The summed E-state index contributed by atoms with van der Waals surface area (Å²) >= 11 is 4.09. The number of nitrogens with two attached hydrogens (primary N) is 2. The monoisotopic (exact) mass is 495 g/mol. The molecule has 1 saturated heterocycles. The quantitative estimate of drug-likeness (QED) is 0.172. The highest BCUT2D eigenvalue weighted by Crippen LogP contribution is 2.19. The average Bonchev–Trinajstić information content (AvgIpc) is 3.27. The Morgan fingerprint density at radius 1 is 1.12 bits per heavy atom. The Hall–Kier alpha value is -3.32. The van der Waals surface area contributed by atoms with E-state index in [1.807, 2.05) is 0 Å². The van der Waals surface area contributed by atoms with Gasteiger partial charge in [-0.2, -0.15) is 12.6 Å². The molecule has 12 nitrogen and oxygen atoms in total. The summed E-state index contributed by atoms with van der Waals surface area (Å²) in [5.74, 6) is -4.08. The fourth-order valence-electron chi connectivity index (χ4n) is 3.62. The Morgan fingerprint density at radius 2 is 1.76 bits per heavy atom. The van der Waals surface area contributed by atoms with E-state index in [4.69, 9.17) is 11.5 Å². The largest absolute Gasteiger partial charge is 0.508 e. The number of aliphatic carboxylic acids is 1. The van der Waals surface area contributed by atoms with E-state index in [1.165, 1.54) is 29.2 Å². The van der Waals surface area contributed by atoms with Crippen molar-refractivity contribution in [2.24, 2.45) is 11.5 Å². The number of nitrogens with one attached hydrogen (secondary N) is 2. The molecular weight excluding hydrogens is 466 g/mol. The third-order valence-corrected chi connectivity index (χ3v) is 5.75. The molecule has 4 atom stereocenters. The SMILES string of the molecule is NC(=O)CC(N)C(=O)N1CCCC1C(=O)NC(CS)C(=O)NC(Cc1ccc(O)cc1)C(=O)O. The van der Waals surface area contributed by atoms with E-state index in [1.54, 1.807) is 0 Å². The first kappa shape index (κ1) is 26.9. The van der Waals surface area contributed by atoms with Gasteiger partial charge in [-0.15, -0.1) is 0 Å². The van der Waals surface area contributed by atoms with Crippen molar-refractivity contribution in [3.63, 3.8) is 0 Å². The number of carbonyl (C=O) groups is 5.